The summed E-state index contributed by atoms with van der Waals surface area (Å²) in [4.78, 5) is 0. The van der Waals surface area contributed by atoms with Gasteiger partial charge in [0.15, 0.2) is 0 Å². The first-order chi connectivity index (χ1) is 10.3. The lowest BCUT2D eigenvalue weighted by molar-refractivity contribution is 0.704. The van der Waals surface area contributed by atoms with Crippen molar-refractivity contribution in [1.29, 1.82) is 0 Å². The van der Waals surface area contributed by atoms with Crippen LogP contribution in [0.15, 0.2) is 72.8 Å². The smallest absolute Gasteiger partial charge is 0.0131 e. The summed E-state index contributed by atoms with van der Waals surface area (Å²) < 4.78 is 0. The fourth-order valence-electron chi connectivity index (χ4n) is 3.43. The SMILES string of the molecule is Cc1ccc(C2=c3ccccc3=CC3C=CC=CC23)cc1. The molecule has 0 radical (unpaired) electrons. The highest BCUT2D eigenvalue weighted by molar-refractivity contribution is 5.73. The Balaban J connectivity index is 2.04. The van der Waals surface area contributed by atoms with Crippen LogP contribution in [0.4, 0.5) is 0 Å². The van der Waals surface area contributed by atoms with Crippen molar-refractivity contribution in [3.05, 3.63) is 94.4 Å². The normalized spacial score (nSPS) is 22.4. The van der Waals surface area contributed by atoms with Crippen LogP contribution < -0.4 is 10.4 Å². The third-order valence-corrected chi connectivity index (χ3v) is 4.50. The van der Waals surface area contributed by atoms with Crippen LogP contribution in [0.3, 0.4) is 0 Å². The lowest BCUT2D eigenvalue weighted by Crippen LogP contribution is -2.36. The molecule has 102 valence electrons. The van der Waals surface area contributed by atoms with Crippen molar-refractivity contribution in [2.45, 2.75) is 6.92 Å². The molecule has 0 heteroatoms. The first kappa shape index (κ1) is 12.4. The molecule has 0 aromatic heterocycles. The Morgan fingerprint density at radius 2 is 1.57 bits per heavy atom. The maximum Gasteiger partial charge on any atom is 0.0131 e. The molecule has 2 aromatic carbocycles. The highest BCUT2D eigenvalue weighted by Crippen LogP contribution is 2.33. The predicted molar refractivity (Wildman–Crippen MR) is 89.1 cm³/mol. The predicted octanol–water partition coefficient (Wildman–Crippen LogP) is 3.35. The topological polar surface area (TPSA) is 0 Å². The van der Waals surface area contributed by atoms with Gasteiger partial charge in [-0.05, 0) is 28.5 Å². The Morgan fingerprint density at radius 3 is 2.43 bits per heavy atom. The van der Waals surface area contributed by atoms with E-state index in [1.54, 1.807) is 0 Å². The van der Waals surface area contributed by atoms with Crippen molar-refractivity contribution in [3.63, 3.8) is 0 Å². The Hall–Kier alpha value is -2.34. The fourth-order valence-corrected chi connectivity index (χ4v) is 3.43. The van der Waals surface area contributed by atoms with Crippen LogP contribution in [0.5, 0.6) is 0 Å². The summed E-state index contributed by atoms with van der Waals surface area (Å²) in [6.45, 7) is 2.14. The van der Waals surface area contributed by atoms with Crippen LogP contribution in [-0.4, -0.2) is 0 Å². The van der Waals surface area contributed by atoms with Gasteiger partial charge in [-0.1, -0.05) is 84.5 Å². The molecule has 21 heavy (non-hydrogen) atoms. The van der Waals surface area contributed by atoms with Crippen molar-refractivity contribution in [1.82, 2.24) is 0 Å². The largest absolute Gasteiger partial charge is 0.0767 e. The number of hydrogen-bond donors (Lipinski definition) is 0. The van der Waals surface area contributed by atoms with Gasteiger partial charge in [-0.25, -0.2) is 0 Å². The lowest BCUT2D eigenvalue weighted by Gasteiger charge is -2.28. The van der Waals surface area contributed by atoms with Crippen LogP contribution in [0, 0.1) is 18.8 Å². The van der Waals surface area contributed by atoms with E-state index in [1.807, 2.05) is 0 Å². The van der Waals surface area contributed by atoms with Gasteiger partial charge in [-0.2, -0.15) is 0 Å². The van der Waals surface area contributed by atoms with Crippen LogP contribution in [0.1, 0.15) is 11.1 Å². The zero-order valence-corrected chi connectivity index (χ0v) is 12.2. The molecule has 0 bridgehead atoms. The second kappa shape index (κ2) is 4.89. The van der Waals surface area contributed by atoms with Crippen LogP contribution >= 0.6 is 0 Å². The molecule has 2 atom stereocenters. The standard InChI is InChI=1S/C21H18/c1-15-10-12-16(13-11-15)21-19-8-4-2-6-17(19)14-18-7-3-5-9-20(18)21/h2-14,17,19H,1H3. The summed E-state index contributed by atoms with van der Waals surface area (Å²) in [5.41, 5.74) is 4.11. The van der Waals surface area contributed by atoms with E-state index >= 15 is 0 Å². The first-order valence-electron chi connectivity index (χ1n) is 7.56. The molecule has 0 amide bonds. The highest BCUT2D eigenvalue weighted by Gasteiger charge is 2.25. The van der Waals surface area contributed by atoms with Gasteiger partial charge in [0.25, 0.3) is 0 Å². The molecule has 0 saturated heterocycles. The van der Waals surface area contributed by atoms with E-state index in [2.05, 4.69) is 85.8 Å². The van der Waals surface area contributed by atoms with E-state index in [0.29, 0.717) is 11.8 Å². The Kier molecular flexibility index (Phi) is 2.89. The summed E-state index contributed by atoms with van der Waals surface area (Å²) in [5.74, 6) is 0.925. The van der Waals surface area contributed by atoms with E-state index in [0.717, 1.165) is 0 Å². The number of benzene rings is 2. The summed E-state index contributed by atoms with van der Waals surface area (Å²) in [6, 6.07) is 17.7. The maximum atomic E-state index is 2.40. The first-order valence-corrected chi connectivity index (χ1v) is 7.56. The molecule has 0 spiro atoms. The van der Waals surface area contributed by atoms with E-state index in [9.17, 15) is 0 Å². The number of rotatable bonds is 1. The maximum absolute atomic E-state index is 2.40. The Bertz CT molecular complexity index is 848. The van der Waals surface area contributed by atoms with E-state index < -0.39 is 0 Å². The molecule has 2 aromatic rings. The minimum atomic E-state index is 0.451. The minimum absolute atomic E-state index is 0.451. The molecule has 2 aliphatic rings. The summed E-state index contributed by atoms with van der Waals surface area (Å²) in [7, 11) is 0. The number of allylic oxidation sites excluding steroid dienone is 4. The van der Waals surface area contributed by atoms with Crippen LogP contribution in [0.2, 0.25) is 0 Å². The molecule has 0 fully saturated rings. The molecule has 0 N–H and O–H groups in total. The number of hydrogen-bond acceptors (Lipinski definition) is 0. The second-order valence-electron chi connectivity index (χ2n) is 5.91. The van der Waals surface area contributed by atoms with Gasteiger partial charge in [0, 0.05) is 11.8 Å². The van der Waals surface area contributed by atoms with Gasteiger partial charge in [0.05, 0.1) is 0 Å². The monoisotopic (exact) mass is 270 g/mol. The van der Waals surface area contributed by atoms with E-state index in [4.69, 9.17) is 0 Å². The summed E-state index contributed by atoms with van der Waals surface area (Å²) in [6.07, 6.45) is 11.4. The van der Waals surface area contributed by atoms with Crippen molar-refractivity contribution >= 4 is 11.6 Å². The average molecular weight is 270 g/mol. The van der Waals surface area contributed by atoms with Gasteiger partial charge in [-0.3, -0.25) is 0 Å². The molecule has 0 saturated carbocycles. The molecule has 0 heterocycles. The quantitative estimate of drug-likeness (QED) is 0.745. The molecule has 0 aliphatic heterocycles. The number of fused-ring (bicyclic) bond motifs is 2. The molecular formula is C21H18. The zero-order chi connectivity index (χ0) is 14.2. The van der Waals surface area contributed by atoms with Gasteiger partial charge in [-0.15, -0.1) is 0 Å². The number of aryl methyl sites for hydroxylation is 1. The Labute approximate surface area is 125 Å². The third kappa shape index (κ3) is 2.08. The van der Waals surface area contributed by atoms with Gasteiger partial charge in [0.1, 0.15) is 0 Å². The van der Waals surface area contributed by atoms with Crippen LogP contribution in [-0.2, 0) is 0 Å². The third-order valence-electron chi connectivity index (χ3n) is 4.50. The van der Waals surface area contributed by atoms with Crippen molar-refractivity contribution in [2.75, 3.05) is 0 Å². The van der Waals surface area contributed by atoms with Crippen LogP contribution in [0.25, 0.3) is 11.6 Å². The van der Waals surface area contributed by atoms with Crippen molar-refractivity contribution in [2.24, 2.45) is 11.8 Å². The molecular weight excluding hydrogens is 252 g/mol. The van der Waals surface area contributed by atoms with Gasteiger partial charge < -0.3 is 0 Å². The van der Waals surface area contributed by atoms with E-state index in [1.165, 1.54) is 27.1 Å². The highest BCUT2D eigenvalue weighted by atomic mass is 14.3. The molecule has 4 rings (SSSR count). The fraction of sp³-hybridized carbons (Fsp3) is 0.143. The second-order valence-corrected chi connectivity index (χ2v) is 5.91. The summed E-state index contributed by atoms with van der Waals surface area (Å²) in [5, 5.41) is 2.73. The average Bonchev–Trinajstić information content (AvgIpc) is 2.53. The Morgan fingerprint density at radius 1 is 0.810 bits per heavy atom. The van der Waals surface area contributed by atoms with Gasteiger partial charge >= 0.3 is 0 Å². The molecule has 0 nitrogen and oxygen atoms in total. The van der Waals surface area contributed by atoms with Crippen molar-refractivity contribution < 1.29 is 0 Å². The van der Waals surface area contributed by atoms with Crippen molar-refractivity contribution in [3.8, 4) is 0 Å². The van der Waals surface area contributed by atoms with Gasteiger partial charge in [0.2, 0.25) is 0 Å². The van der Waals surface area contributed by atoms with E-state index in [-0.39, 0.29) is 0 Å². The molecule has 2 aliphatic carbocycles. The minimum Gasteiger partial charge on any atom is -0.0767 e. The zero-order valence-electron chi connectivity index (χ0n) is 12.2. The lowest BCUT2D eigenvalue weighted by atomic mass is 9.75. The molecule has 2 unspecified atom stereocenters. The summed E-state index contributed by atoms with van der Waals surface area (Å²) >= 11 is 0.